The zero-order valence-corrected chi connectivity index (χ0v) is 18.6. The third-order valence-electron chi connectivity index (χ3n) is 6.52. The normalized spacial score (nSPS) is 22.6. The van der Waals surface area contributed by atoms with E-state index in [4.69, 9.17) is 0 Å². The van der Waals surface area contributed by atoms with Gasteiger partial charge in [0, 0.05) is 6.04 Å². The van der Waals surface area contributed by atoms with E-state index >= 15 is 0 Å². The van der Waals surface area contributed by atoms with Crippen LogP contribution in [0, 0.1) is 0 Å². The van der Waals surface area contributed by atoms with E-state index in [2.05, 4.69) is 22.9 Å². The number of nitrogens with one attached hydrogen (secondary N) is 2. The number of imide groups is 1. The SMILES string of the molecule is CN(CC(=O)NN1C(=O)N[C@](C)(CCc2ccccc2)C1=O)[C@H]1CCCc2ccccc21. The minimum Gasteiger partial charge on any atom is -0.322 e. The number of hydrogen-bond donors (Lipinski definition) is 2. The topological polar surface area (TPSA) is 81.8 Å². The van der Waals surface area contributed by atoms with E-state index in [9.17, 15) is 14.4 Å². The lowest BCUT2D eigenvalue weighted by Crippen LogP contribution is -2.51. The molecule has 1 heterocycles. The lowest BCUT2D eigenvalue weighted by atomic mass is 9.87. The van der Waals surface area contributed by atoms with Crippen molar-refractivity contribution in [3.8, 4) is 0 Å². The number of hydrogen-bond acceptors (Lipinski definition) is 4. The first-order valence-corrected chi connectivity index (χ1v) is 11.2. The fourth-order valence-corrected chi connectivity index (χ4v) is 4.68. The fraction of sp³-hybridized carbons (Fsp3) is 0.400. The Morgan fingerprint density at radius 2 is 1.88 bits per heavy atom. The van der Waals surface area contributed by atoms with Gasteiger partial charge in [-0.3, -0.25) is 19.9 Å². The average molecular weight is 435 g/mol. The van der Waals surface area contributed by atoms with Crippen LogP contribution >= 0.6 is 0 Å². The number of benzene rings is 2. The van der Waals surface area contributed by atoms with Crippen molar-refractivity contribution in [2.24, 2.45) is 0 Å². The molecular weight excluding hydrogens is 404 g/mol. The number of carbonyl (C=O) groups excluding carboxylic acids is 3. The smallest absolute Gasteiger partial charge is 0.322 e. The van der Waals surface area contributed by atoms with Crippen molar-refractivity contribution in [3.63, 3.8) is 0 Å². The molecule has 2 atom stereocenters. The van der Waals surface area contributed by atoms with Crippen LogP contribution in [0.1, 0.15) is 48.9 Å². The van der Waals surface area contributed by atoms with Gasteiger partial charge in [0.1, 0.15) is 5.54 Å². The molecule has 4 amide bonds. The Bertz CT molecular complexity index is 1010. The molecule has 2 aromatic carbocycles. The van der Waals surface area contributed by atoms with Crippen molar-refractivity contribution in [1.29, 1.82) is 0 Å². The highest BCUT2D eigenvalue weighted by Crippen LogP contribution is 2.33. The quantitative estimate of drug-likeness (QED) is 0.657. The third-order valence-corrected chi connectivity index (χ3v) is 6.52. The second-order valence-corrected chi connectivity index (χ2v) is 8.95. The molecule has 2 aromatic rings. The van der Waals surface area contributed by atoms with Gasteiger partial charge in [-0.05, 0) is 62.8 Å². The van der Waals surface area contributed by atoms with Gasteiger partial charge in [0.15, 0.2) is 0 Å². The van der Waals surface area contributed by atoms with Crippen LogP contribution in [0.3, 0.4) is 0 Å². The second kappa shape index (κ2) is 9.12. The van der Waals surface area contributed by atoms with Crippen LogP contribution < -0.4 is 10.7 Å². The van der Waals surface area contributed by atoms with Crippen LogP contribution in [0.4, 0.5) is 4.79 Å². The first-order chi connectivity index (χ1) is 15.4. The summed E-state index contributed by atoms with van der Waals surface area (Å²) >= 11 is 0. The van der Waals surface area contributed by atoms with Crippen molar-refractivity contribution in [3.05, 3.63) is 71.3 Å². The summed E-state index contributed by atoms with van der Waals surface area (Å²) in [5, 5.41) is 3.57. The zero-order valence-electron chi connectivity index (χ0n) is 18.6. The molecule has 2 N–H and O–H groups in total. The Kier molecular flexibility index (Phi) is 6.28. The monoisotopic (exact) mass is 434 g/mol. The Balaban J connectivity index is 1.36. The predicted octanol–water partition coefficient (Wildman–Crippen LogP) is 2.97. The molecule has 4 rings (SSSR count). The maximum Gasteiger partial charge on any atom is 0.344 e. The van der Waals surface area contributed by atoms with Crippen LogP contribution in [0.2, 0.25) is 0 Å². The molecule has 1 aliphatic carbocycles. The van der Waals surface area contributed by atoms with Gasteiger partial charge in [-0.25, -0.2) is 4.79 Å². The third kappa shape index (κ3) is 4.53. The Labute approximate surface area is 188 Å². The predicted molar refractivity (Wildman–Crippen MR) is 121 cm³/mol. The number of hydrazine groups is 1. The minimum atomic E-state index is -1.05. The van der Waals surface area contributed by atoms with E-state index in [1.165, 1.54) is 11.1 Å². The highest BCUT2D eigenvalue weighted by atomic mass is 16.2. The van der Waals surface area contributed by atoms with Gasteiger partial charge in [-0.15, -0.1) is 0 Å². The molecule has 1 saturated heterocycles. The zero-order chi connectivity index (χ0) is 22.7. The molecule has 0 saturated carbocycles. The molecule has 0 radical (unpaired) electrons. The molecule has 7 heteroatoms. The largest absolute Gasteiger partial charge is 0.344 e. The van der Waals surface area contributed by atoms with E-state index in [1.54, 1.807) is 6.92 Å². The van der Waals surface area contributed by atoms with E-state index < -0.39 is 17.5 Å². The van der Waals surface area contributed by atoms with Crippen LogP contribution in [0.5, 0.6) is 0 Å². The van der Waals surface area contributed by atoms with Gasteiger partial charge in [-0.1, -0.05) is 54.6 Å². The van der Waals surface area contributed by atoms with E-state index in [0.29, 0.717) is 12.8 Å². The standard InChI is InChI=1S/C25H30N4O3/c1-25(16-15-18-9-4-3-5-10-18)23(31)29(24(32)26-25)27-22(30)17-28(2)21-14-8-12-19-11-6-7-13-20(19)21/h3-7,9-11,13,21H,8,12,14-17H2,1-2H3,(H,26,32)(H,27,30)/t21-,25+/m0/s1. The van der Waals surface area contributed by atoms with Crippen molar-refractivity contribution in [1.82, 2.24) is 20.7 Å². The molecule has 32 heavy (non-hydrogen) atoms. The molecule has 0 bridgehead atoms. The van der Waals surface area contributed by atoms with Crippen LogP contribution in [-0.4, -0.2) is 46.9 Å². The lowest BCUT2D eigenvalue weighted by molar-refractivity contribution is -0.139. The van der Waals surface area contributed by atoms with Crippen molar-refractivity contribution in [2.75, 3.05) is 13.6 Å². The summed E-state index contributed by atoms with van der Waals surface area (Å²) in [4.78, 5) is 40.1. The van der Waals surface area contributed by atoms with Gasteiger partial charge < -0.3 is 5.32 Å². The summed E-state index contributed by atoms with van der Waals surface area (Å²) in [7, 11) is 1.90. The van der Waals surface area contributed by atoms with Crippen molar-refractivity contribution < 1.29 is 14.4 Å². The number of carbonyl (C=O) groups is 3. The molecule has 1 aliphatic heterocycles. The molecule has 168 valence electrons. The van der Waals surface area contributed by atoms with Crippen LogP contribution in [-0.2, 0) is 22.4 Å². The number of likely N-dealkylation sites (N-methyl/N-ethyl adjacent to an activating group) is 1. The Morgan fingerprint density at radius 3 is 2.66 bits per heavy atom. The fourth-order valence-electron chi connectivity index (χ4n) is 4.68. The van der Waals surface area contributed by atoms with E-state index in [1.807, 2.05) is 54.4 Å². The maximum absolute atomic E-state index is 13.0. The number of rotatable bonds is 7. The molecule has 1 fully saturated rings. The van der Waals surface area contributed by atoms with E-state index in [0.717, 1.165) is 29.8 Å². The summed E-state index contributed by atoms with van der Waals surface area (Å²) in [6.07, 6.45) is 4.19. The second-order valence-electron chi connectivity index (χ2n) is 8.95. The number of nitrogens with zero attached hydrogens (tertiary/aromatic N) is 2. The highest BCUT2D eigenvalue weighted by Gasteiger charge is 2.48. The van der Waals surface area contributed by atoms with Crippen LogP contribution in [0.25, 0.3) is 0 Å². The molecule has 7 nitrogen and oxygen atoms in total. The van der Waals surface area contributed by atoms with Gasteiger partial charge >= 0.3 is 6.03 Å². The molecular formula is C25H30N4O3. The van der Waals surface area contributed by atoms with Gasteiger partial charge in [0.25, 0.3) is 11.8 Å². The summed E-state index contributed by atoms with van der Waals surface area (Å²) in [6.45, 7) is 1.80. The number of fused-ring (bicyclic) bond motifs is 1. The number of amides is 4. The number of aryl methyl sites for hydroxylation is 2. The average Bonchev–Trinajstić information content (AvgIpc) is 3.01. The Hall–Kier alpha value is -3.19. The van der Waals surface area contributed by atoms with Crippen LogP contribution in [0.15, 0.2) is 54.6 Å². The van der Waals surface area contributed by atoms with Crippen molar-refractivity contribution >= 4 is 17.8 Å². The van der Waals surface area contributed by atoms with Gasteiger partial charge in [0.2, 0.25) is 0 Å². The molecule has 0 unspecified atom stereocenters. The first kappa shape index (κ1) is 22.0. The van der Waals surface area contributed by atoms with E-state index in [-0.39, 0.29) is 18.5 Å². The summed E-state index contributed by atoms with van der Waals surface area (Å²) in [5.41, 5.74) is 5.13. The van der Waals surface area contributed by atoms with Gasteiger partial charge in [0.05, 0.1) is 6.54 Å². The molecule has 2 aliphatic rings. The van der Waals surface area contributed by atoms with Gasteiger partial charge in [-0.2, -0.15) is 5.01 Å². The maximum atomic E-state index is 13.0. The van der Waals surface area contributed by atoms with Crippen molar-refractivity contribution in [2.45, 2.75) is 50.6 Å². The Morgan fingerprint density at radius 1 is 1.16 bits per heavy atom. The summed E-state index contributed by atoms with van der Waals surface area (Å²) < 4.78 is 0. The highest BCUT2D eigenvalue weighted by molar-refractivity contribution is 6.07. The first-order valence-electron chi connectivity index (χ1n) is 11.2. The summed E-state index contributed by atoms with van der Waals surface area (Å²) in [5.74, 6) is -0.816. The lowest BCUT2D eigenvalue weighted by Gasteiger charge is -2.33. The minimum absolute atomic E-state index is 0.0940. The number of urea groups is 1. The molecule has 0 aromatic heterocycles. The molecule has 0 spiro atoms. The summed E-state index contributed by atoms with van der Waals surface area (Å²) in [6, 6.07) is 17.7.